The van der Waals surface area contributed by atoms with E-state index in [1.807, 2.05) is 0 Å². The molecule has 0 atom stereocenters. The molecule has 0 spiro atoms. The van der Waals surface area contributed by atoms with Crippen molar-refractivity contribution in [3.05, 3.63) is 29.3 Å². The zero-order valence-electron chi connectivity index (χ0n) is 7.63. The van der Waals surface area contributed by atoms with Gasteiger partial charge in [0.15, 0.2) is 11.6 Å². The largest absolute Gasteiger partial charge is 0.505 e. The normalized spacial score (nSPS) is 16.9. The SMILES string of the molecule is O=C=NC1(c2cc(F)c(O)cc2F)CC1. The molecule has 1 aliphatic rings. The highest BCUT2D eigenvalue weighted by molar-refractivity contribution is 5.43. The molecule has 3 nitrogen and oxygen atoms in total. The van der Waals surface area contributed by atoms with Crippen molar-refractivity contribution in [3.63, 3.8) is 0 Å². The Morgan fingerprint density at radius 3 is 2.53 bits per heavy atom. The van der Waals surface area contributed by atoms with Gasteiger partial charge in [-0.1, -0.05) is 0 Å². The third-order valence-electron chi connectivity index (χ3n) is 2.52. The molecule has 1 aromatic carbocycles. The van der Waals surface area contributed by atoms with Gasteiger partial charge < -0.3 is 5.11 Å². The van der Waals surface area contributed by atoms with E-state index >= 15 is 0 Å². The summed E-state index contributed by atoms with van der Waals surface area (Å²) in [6.45, 7) is 0. The number of carbonyl (C=O) groups excluding carboxylic acids is 1. The van der Waals surface area contributed by atoms with Crippen LogP contribution in [0.1, 0.15) is 18.4 Å². The maximum absolute atomic E-state index is 13.4. The van der Waals surface area contributed by atoms with Gasteiger partial charge in [-0.25, -0.2) is 13.6 Å². The number of isocyanates is 1. The zero-order chi connectivity index (χ0) is 11.1. The molecule has 5 heteroatoms. The number of halogens is 2. The predicted octanol–water partition coefficient (Wildman–Crippen LogP) is 2.00. The molecule has 0 bridgehead atoms. The van der Waals surface area contributed by atoms with Gasteiger partial charge >= 0.3 is 0 Å². The molecule has 1 aromatic rings. The zero-order valence-corrected chi connectivity index (χ0v) is 7.63. The summed E-state index contributed by atoms with van der Waals surface area (Å²) in [7, 11) is 0. The molecule has 1 aliphatic carbocycles. The molecule has 1 fully saturated rings. The lowest BCUT2D eigenvalue weighted by Gasteiger charge is -2.09. The first kappa shape index (κ1) is 9.80. The van der Waals surface area contributed by atoms with Crippen molar-refractivity contribution in [2.75, 3.05) is 0 Å². The van der Waals surface area contributed by atoms with Gasteiger partial charge in [0.05, 0.1) is 0 Å². The van der Waals surface area contributed by atoms with E-state index in [0.29, 0.717) is 18.9 Å². The number of hydrogen-bond donors (Lipinski definition) is 1. The minimum absolute atomic E-state index is 0.00106. The molecule has 0 amide bonds. The van der Waals surface area contributed by atoms with Crippen LogP contribution in [-0.4, -0.2) is 11.2 Å². The monoisotopic (exact) mass is 211 g/mol. The third-order valence-corrected chi connectivity index (χ3v) is 2.52. The van der Waals surface area contributed by atoms with E-state index in [1.54, 1.807) is 0 Å². The number of phenolic OH excluding ortho intramolecular Hbond substituents is 1. The lowest BCUT2D eigenvalue weighted by Crippen LogP contribution is -2.06. The van der Waals surface area contributed by atoms with Crippen molar-refractivity contribution in [2.45, 2.75) is 18.4 Å². The van der Waals surface area contributed by atoms with Crippen LogP contribution in [0.3, 0.4) is 0 Å². The predicted molar refractivity (Wildman–Crippen MR) is 47.1 cm³/mol. The molecule has 78 valence electrons. The minimum Gasteiger partial charge on any atom is -0.505 e. The highest BCUT2D eigenvalue weighted by Crippen LogP contribution is 2.50. The van der Waals surface area contributed by atoms with Crippen molar-refractivity contribution >= 4 is 6.08 Å². The third kappa shape index (κ3) is 1.51. The van der Waals surface area contributed by atoms with Crippen molar-refractivity contribution < 1.29 is 18.7 Å². The standard InChI is InChI=1S/C10H7F2NO2/c11-7-4-9(15)8(12)3-6(7)10(1-2-10)13-5-14/h3-4,15H,1-2H2. The lowest BCUT2D eigenvalue weighted by atomic mass is 10.0. The summed E-state index contributed by atoms with van der Waals surface area (Å²) in [6, 6.07) is 1.56. The van der Waals surface area contributed by atoms with Crippen LogP contribution in [0.5, 0.6) is 5.75 Å². The first-order valence-corrected chi connectivity index (χ1v) is 4.36. The van der Waals surface area contributed by atoms with Gasteiger partial charge in [-0.15, -0.1) is 0 Å². The molecule has 15 heavy (non-hydrogen) atoms. The summed E-state index contributed by atoms with van der Waals surface area (Å²) in [5.41, 5.74) is -0.957. The molecule has 0 radical (unpaired) electrons. The number of rotatable bonds is 2. The van der Waals surface area contributed by atoms with Crippen LogP contribution in [0.25, 0.3) is 0 Å². The topological polar surface area (TPSA) is 49.7 Å². The number of nitrogens with zero attached hydrogens (tertiary/aromatic N) is 1. The molecular weight excluding hydrogens is 204 g/mol. The van der Waals surface area contributed by atoms with Crippen LogP contribution in [0.2, 0.25) is 0 Å². The molecule has 1 saturated carbocycles. The van der Waals surface area contributed by atoms with Gasteiger partial charge in [0.2, 0.25) is 6.08 Å². The van der Waals surface area contributed by atoms with Crippen molar-refractivity contribution in [2.24, 2.45) is 4.99 Å². The van der Waals surface area contributed by atoms with E-state index in [-0.39, 0.29) is 5.56 Å². The Balaban J connectivity index is 2.54. The molecule has 0 aromatic heterocycles. The van der Waals surface area contributed by atoms with Crippen molar-refractivity contribution in [1.29, 1.82) is 0 Å². The average molecular weight is 211 g/mol. The first-order chi connectivity index (χ1) is 7.09. The van der Waals surface area contributed by atoms with E-state index in [1.165, 1.54) is 6.08 Å². The van der Waals surface area contributed by atoms with Crippen LogP contribution < -0.4 is 0 Å². The number of aliphatic imine (C=N–C) groups is 1. The number of aromatic hydroxyl groups is 1. The molecular formula is C10H7F2NO2. The van der Waals surface area contributed by atoms with Gasteiger partial charge in [0.1, 0.15) is 11.4 Å². The van der Waals surface area contributed by atoms with Gasteiger partial charge in [-0.2, -0.15) is 4.99 Å². The molecule has 1 N–H and O–H groups in total. The maximum Gasteiger partial charge on any atom is 0.235 e. The fourth-order valence-corrected chi connectivity index (χ4v) is 1.54. The Labute approximate surface area is 84.1 Å². The average Bonchev–Trinajstić information content (AvgIpc) is 2.93. The summed E-state index contributed by atoms with van der Waals surface area (Å²) in [5.74, 6) is -2.42. The second-order valence-corrected chi connectivity index (χ2v) is 3.52. The minimum atomic E-state index is -0.958. The van der Waals surface area contributed by atoms with Crippen molar-refractivity contribution in [1.82, 2.24) is 0 Å². The summed E-state index contributed by atoms with van der Waals surface area (Å²) < 4.78 is 26.4. The molecule has 0 heterocycles. The van der Waals surface area contributed by atoms with Gasteiger partial charge in [0.25, 0.3) is 0 Å². The molecule has 2 rings (SSSR count). The van der Waals surface area contributed by atoms with Crippen LogP contribution in [-0.2, 0) is 10.3 Å². The molecule has 0 saturated heterocycles. The van der Waals surface area contributed by atoms with Gasteiger partial charge in [-0.3, -0.25) is 0 Å². The lowest BCUT2D eigenvalue weighted by molar-refractivity contribution is 0.423. The van der Waals surface area contributed by atoms with Crippen LogP contribution in [0.4, 0.5) is 8.78 Å². The summed E-state index contributed by atoms with van der Waals surface area (Å²) in [5, 5.41) is 8.92. The van der Waals surface area contributed by atoms with E-state index in [4.69, 9.17) is 5.11 Å². The fraction of sp³-hybridized carbons (Fsp3) is 0.300. The smallest absolute Gasteiger partial charge is 0.235 e. The van der Waals surface area contributed by atoms with E-state index in [0.717, 1.165) is 6.07 Å². The second kappa shape index (κ2) is 3.14. The second-order valence-electron chi connectivity index (χ2n) is 3.52. The van der Waals surface area contributed by atoms with Crippen molar-refractivity contribution in [3.8, 4) is 5.75 Å². The summed E-state index contributed by atoms with van der Waals surface area (Å²) >= 11 is 0. The van der Waals surface area contributed by atoms with Crippen LogP contribution >= 0.6 is 0 Å². The fourth-order valence-electron chi connectivity index (χ4n) is 1.54. The molecule has 0 aliphatic heterocycles. The Morgan fingerprint density at radius 1 is 1.33 bits per heavy atom. The molecule has 0 unspecified atom stereocenters. The highest BCUT2D eigenvalue weighted by Gasteiger charge is 2.47. The Morgan fingerprint density at radius 2 is 2.00 bits per heavy atom. The number of phenols is 1. The first-order valence-electron chi connectivity index (χ1n) is 4.36. The quantitative estimate of drug-likeness (QED) is 0.600. The maximum atomic E-state index is 13.4. The summed E-state index contributed by atoms with van der Waals surface area (Å²) in [4.78, 5) is 13.6. The van der Waals surface area contributed by atoms with Gasteiger partial charge in [-0.05, 0) is 18.9 Å². The van der Waals surface area contributed by atoms with E-state index in [9.17, 15) is 13.6 Å². The van der Waals surface area contributed by atoms with E-state index in [2.05, 4.69) is 4.99 Å². The van der Waals surface area contributed by atoms with E-state index < -0.39 is 22.9 Å². The Bertz CT molecular complexity index is 463. The number of hydrogen-bond acceptors (Lipinski definition) is 3. The van der Waals surface area contributed by atoms with Crippen LogP contribution in [0, 0.1) is 11.6 Å². The van der Waals surface area contributed by atoms with Gasteiger partial charge in [0, 0.05) is 11.6 Å². The Hall–Kier alpha value is -1.74. The Kier molecular flexibility index (Phi) is 2.05. The number of benzene rings is 1. The van der Waals surface area contributed by atoms with Crippen LogP contribution in [0.15, 0.2) is 17.1 Å². The summed E-state index contributed by atoms with van der Waals surface area (Å²) in [6.07, 6.45) is 2.33. The highest BCUT2D eigenvalue weighted by atomic mass is 19.1.